The van der Waals surface area contributed by atoms with E-state index in [1.165, 1.54) is 11.3 Å². The van der Waals surface area contributed by atoms with Gasteiger partial charge in [-0.25, -0.2) is 23.4 Å². The Bertz CT molecular complexity index is 1680. The molecule has 1 fully saturated rings. The molecule has 0 amide bonds. The summed E-state index contributed by atoms with van der Waals surface area (Å²) in [5.74, 6) is 0.586. The molecule has 38 heavy (non-hydrogen) atoms. The summed E-state index contributed by atoms with van der Waals surface area (Å²) in [6.07, 6.45) is 5.21. The number of fused-ring (bicyclic) bond motifs is 1. The molecule has 6 rings (SSSR count). The fraction of sp³-hybridized carbons (Fsp3) is 0.222. The maximum atomic E-state index is 13.1. The highest BCUT2D eigenvalue weighted by atomic mass is 32.2. The maximum Gasteiger partial charge on any atom is 0.223 e. The van der Waals surface area contributed by atoms with Crippen molar-refractivity contribution in [3.05, 3.63) is 84.0 Å². The number of rotatable bonds is 7. The molecule has 1 atom stereocenters. The zero-order chi connectivity index (χ0) is 26.1. The first-order valence-electron chi connectivity index (χ1n) is 12.3. The lowest BCUT2D eigenvalue weighted by molar-refractivity contribution is 0.326. The highest BCUT2D eigenvalue weighted by Gasteiger charge is 2.29. The van der Waals surface area contributed by atoms with Gasteiger partial charge in [0, 0.05) is 42.5 Å². The van der Waals surface area contributed by atoms with E-state index in [1.54, 1.807) is 28.7 Å². The molecule has 0 radical (unpaired) electrons. The van der Waals surface area contributed by atoms with Crippen LogP contribution in [0.5, 0.6) is 5.75 Å². The topological polar surface area (TPSA) is 113 Å². The van der Waals surface area contributed by atoms with Gasteiger partial charge in [0.2, 0.25) is 16.0 Å². The molecule has 1 aliphatic rings. The van der Waals surface area contributed by atoms with Gasteiger partial charge in [-0.3, -0.25) is 4.40 Å². The zero-order valence-corrected chi connectivity index (χ0v) is 22.1. The van der Waals surface area contributed by atoms with Crippen LogP contribution in [-0.2, 0) is 15.8 Å². The lowest BCUT2D eigenvalue weighted by atomic mass is 10.1. The highest BCUT2D eigenvalue weighted by Crippen LogP contribution is 2.34. The molecule has 1 saturated heterocycles. The van der Waals surface area contributed by atoms with Gasteiger partial charge in [0.1, 0.15) is 11.4 Å². The van der Waals surface area contributed by atoms with Gasteiger partial charge in [0.15, 0.2) is 4.96 Å². The Labute approximate surface area is 224 Å². The fourth-order valence-corrected chi connectivity index (χ4v) is 7.14. The minimum absolute atomic E-state index is 0.0117. The predicted octanol–water partition coefficient (Wildman–Crippen LogP) is 4.63. The van der Waals surface area contributed by atoms with Crippen LogP contribution in [-0.4, -0.2) is 56.3 Å². The Morgan fingerprint density at radius 3 is 2.79 bits per heavy atom. The van der Waals surface area contributed by atoms with Gasteiger partial charge in [-0.2, -0.15) is 4.31 Å². The number of imidazole rings is 1. The Morgan fingerprint density at radius 2 is 1.95 bits per heavy atom. The molecular weight excluding hydrogens is 520 g/mol. The summed E-state index contributed by atoms with van der Waals surface area (Å²) >= 11 is 1.52. The van der Waals surface area contributed by atoms with Crippen molar-refractivity contribution in [3.63, 3.8) is 0 Å². The van der Waals surface area contributed by atoms with Crippen molar-refractivity contribution in [1.29, 1.82) is 0 Å². The third kappa shape index (κ3) is 5.00. The number of thiazole rings is 1. The van der Waals surface area contributed by atoms with Gasteiger partial charge in [-0.15, -0.1) is 11.3 Å². The SMILES string of the molecule is O=S(=O)(Cc1ccccc1)N1CCC[C@@H](Nc2nccc(-c3c(-c4cccc(O)c4)nc4sccn34)n2)C1. The van der Waals surface area contributed by atoms with E-state index < -0.39 is 10.0 Å². The number of phenols is 1. The molecule has 2 aromatic carbocycles. The van der Waals surface area contributed by atoms with E-state index in [0.29, 0.717) is 30.4 Å². The predicted molar refractivity (Wildman–Crippen MR) is 148 cm³/mol. The number of piperidine rings is 1. The normalized spacial score (nSPS) is 16.6. The van der Waals surface area contributed by atoms with Crippen LogP contribution in [0.3, 0.4) is 0 Å². The van der Waals surface area contributed by atoms with E-state index >= 15 is 0 Å². The van der Waals surface area contributed by atoms with Gasteiger partial charge >= 0.3 is 0 Å². The third-order valence-corrected chi connectivity index (χ3v) is 9.16. The summed E-state index contributed by atoms with van der Waals surface area (Å²) in [6.45, 7) is 0.867. The second-order valence-corrected chi connectivity index (χ2v) is 12.1. The van der Waals surface area contributed by atoms with E-state index in [0.717, 1.165) is 34.6 Å². The number of aromatic nitrogens is 4. The van der Waals surface area contributed by atoms with Crippen LogP contribution in [0.2, 0.25) is 0 Å². The zero-order valence-electron chi connectivity index (χ0n) is 20.4. The number of aromatic hydroxyl groups is 1. The summed E-state index contributed by atoms with van der Waals surface area (Å²) in [6, 6.07) is 18.0. The molecule has 9 nitrogen and oxygen atoms in total. The molecule has 3 aromatic heterocycles. The number of sulfonamides is 1. The van der Waals surface area contributed by atoms with Crippen LogP contribution in [0.25, 0.3) is 27.6 Å². The first-order valence-corrected chi connectivity index (χ1v) is 14.8. The molecule has 0 spiro atoms. The summed E-state index contributed by atoms with van der Waals surface area (Å²) in [5, 5.41) is 15.4. The maximum absolute atomic E-state index is 13.1. The second-order valence-electron chi connectivity index (χ2n) is 9.26. The van der Waals surface area contributed by atoms with Crippen molar-refractivity contribution in [3.8, 4) is 28.4 Å². The minimum atomic E-state index is -3.44. The number of hydrogen-bond donors (Lipinski definition) is 2. The molecule has 0 unspecified atom stereocenters. The number of phenolic OH excluding ortho intramolecular Hbond substituents is 1. The van der Waals surface area contributed by atoms with Gasteiger partial charge < -0.3 is 10.4 Å². The average Bonchev–Trinajstić information content (AvgIpc) is 3.51. The minimum Gasteiger partial charge on any atom is -0.508 e. The summed E-state index contributed by atoms with van der Waals surface area (Å²) in [5.41, 5.74) is 3.76. The average molecular weight is 547 g/mol. The molecule has 5 aromatic rings. The van der Waals surface area contributed by atoms with Crippen molar-refractivity contribution in [1.82, 2.24) is 23.7 Å². The van der Waals surface area contributed by atoms with Gasteiger partial charge in [0.25, 0.3) is 0 Å². The number of nitrogens with zero attached hydrogens (tertiary/aromatic N) is 5. The molecule has 194 valence electrons. The first kappa shape index (κ1) is 24.5. The van der Waals surface area contributed by atoms with Gasteiger partial charge in [-0.05, 0) is 36.6 Å². The standard InChI is InChI=1S/C27H26N6O3S2/c34-22-10-4-8-20(16-22)24-25(33-14-15-37-27(33)31-24)23-11-12-28-26(30-23)29-21-9-5-13-32(17-21)38(35,36)18-19-6-2-1-3-7-19/h1-4,6-8,10-12,14-16,21,34H,5,9,13,17-18H2,(H,28,29,30)/t21-/m1/s1. The van der Waals surface area contributed by atoms with Crippen LogP contribution < -0.4 is 5.32 Å². The number of hydrogen-bond acceptors (Lipinski definition) is 8. The monoisotopic (exact) mass is 546 g/mol. The third-order valence-electron chi connectivity index (χ3n) is 6.58. The van der Waals surface area contributed by atoms with E-state index in [2.05, 4.69) is 10.3 Å². The smallest absolute Gasteiger partial charge is 0.223 e. The number of nitrogens with one attached hydrogen (secondary N) is 1. The number of anilines is 1. The fourth-order valence-electron chi connectivity index (χ4n) is 4.82. The van der Waals surface area contributed by atoms with Crippen LogP contribution in [0, 0.1) is 0 Å². The van der Waals surface area contributed by atoms with E-state index in [4.69, 9.17) is 9.97 Å². The molecule has 0 aliphatic carbocycles. The Balaban J connectivity index is 1.25. The lowest BCUT2D eigenvalue weighted by Crippen LogP contribution is -2.45. The summed E-state index contributed by atoms with van der Waals surface area (Å²) < 4.78 is 29.7. The van der Waals surface area contributed by atoms with Crippen molar-refractivity contribution in [2.24, 2.45) is 0 Å². The van der Waals surface area contributed by atoms with Crippen molar-refractivity contribution >= 4 is 32.3 Å². The van der Waals surface area contributed by atoms with Crippen LogP contribution in [0.15, 0.2) is 78.4 Å². The quantitative estimate of drug-likeness (QED) is 0.306. The van der Waals surface area contributed by atoms with Crippen molar-refractivity contribution in [2.45, 2.75) is 24.6 Å². The second kappa shape index (κ2) is 10.2. The summed E-state index contributed by atoms with van der Waals surface area (Å²) in [7, 11) is -3.44. The van der Waals surface area contributed by atoms with E-state index in [1.807, 2.05) is 58.4 Å². The van der Waals surface area contributed by atoms with Gasteiger partial charge in [-0.1, -0.05) is 42.5 Å². The summed E-state index contributed by atoms with van der Waals surface area (Å²) in [4.78, 5) is 14.8. The van der Waals surface area contributed by atoms with Crippen LogP contribution >= 0.6 is 11.3 Å². The van der Waals surface area contributed by atoms with Crippen LogP contribution in [0.4, 0.5) is 5.95 Å². The molecule has 4 heterocycles. The molecule has 1 aliphatic heterocycles. The largest absolute Gasteiger partial charge is 0.508 e. The Kier molecular flexibility index (Phi) is 6.56. The van der Waals surface area contributed by atoms with Crippen LogP contribution in [0.1, 0.15) is 18.4 Å². The first-order chi connectivity index (χ1) is 18.5. The van der Waals surface area contributed by atoms with Gasteiger partial charge in [0.05, 0.1) is 17.1 Å². The Morgan fingerprint density at radius 1 is 1.08 bits per heavy atom. The number of benzene rings is 2. The highest BCUT2D eigenvalue weighted by molar-refractivity contribution is 7.88. The van der Waals surface area contributed by atoms with E-state index in [-0.39, 0.29) is 17.5 Å². The van der Waals surface area contributed by atoms with Crippen molar-refractivity contribution < 1.29 is 13.5 Å². The Hall–Kier alpha value is -3.80. The van der Waals surface area contributed by atoms with Crippen molar-refractivity contribution in [2.75, 3.05) is 18.4 Å². The molecular formula is C27H26N6O3S2. The molecule has 0 saturated carbocycles. The molecule has 2 N–H and O–H groups in total. The van der Waals surface area contributed by atoms with E-state index in [9.17, 15) is 13.5 Å². The lowest BCUT2D eigenvalue weighted by Gasteiger charge is -2.32. The molecule has 0 bridgehead atoms. The molecule has 11 heteroatoms.